The van der Waals surface area contributed by atoms with Gasteiger partial charge in [0.05, 0.1) is 12.2 Å². The smallest absolute Gasteiger partial charge is 0.353 e. The number of rotatable bonds is 5. The van der Waals surface area contributed by atoms with Crippen molar-refractivity contribution in [2.75, 3.05) is 6.61 Å². The van der Waals surface area contributed by atoms with Crippen molar-refractivity contribution in [3.63, 3.8) is 0 Å². The highest BCUT2D eigenvalue weighted by Crippen LogP contribution is 2.24. The second kappa shape index (κ2) is 6.51. The van der Waals surface area contributed by atoms with Crippen LogP contribution >= 0.6 is 0 Å². The molecule has 21 heavy (non-hydrogen) atoms. The van der Waals surface area contributed by atoms with Crippen LogP contribution in [0.2, 0.25) is 0 Å². The van der Waals surface area contributed by atoms with E-state index in [1.165, 1.54) is 12.1 Å². The van der Waals surface area contributed by atoms with Crippen LogP contribution in [0.4, 0.5) is 0 Å². The van der Waals surface area contributed by atoms with Crippen molar-refractivity contribution in [1.82, 2.24) is 0 Å². The maximum Gasteiger partial charge on any atom is 0.353 e. The van der Waals surface area contributed by atoms with Crippen LogP contribution in [-0.4, -0.2) is 26.1 Å². The number of aliphatic hydroxyl groups excluding tert-OH is 1. The van der Waals surface area contributed by atoms with Gasteiger partial charge >= 0.3 is 16.1 Å². The van der Waals surface area contributed by atoms with Gasteiger partial charge in [-0.05, 0) is 17.7 Å². The predicted octanol–water partition coefficient (Wildman–Crippen LogP) is 1.91. The van der Waals surface area contributed by atoms with Crippen molar-refractivity contribution >= 4 is 16.1 Å². The number of hydrogen-bond acceptors (Lipinski definition) is 5. The van der Waals surface area contributed by atoms with E-state index in [4.69, 9.17) is 0 Å². The molecule has 2 rings (SSSR count). The number of aliphatic hydroxyl groups is 1. The van der Waals surface area contributed by atoms with Crippen molar-refractivity contribution in [2.45, 2.75) is 5.25 Å². The Morgan fingerprint density at radius 1 is 1.00 bits per heavy atom. The average molecular weight is 306 g/mol. The van der Waals surface area contributed by atoms with Crippen LogP contribution in [0.5, 0.6) is 0 Å². The monoisotopic (exact) mass is 306 g/mol. The lowest BCUT2D eigenvalue weighted by atomic mass is 10.2. The molecule has 1 atom stereocenters. The number of hydrogen-bond donors (Lipinski definition) is 1. The van der Waals surface area contributed by atoms with Gasteiger partial charge in [-0.15, -0.1) is 0 Å². The topological polar surface area (TPSA) is 80.7 Å². The molecular weight excluding hydrogens is 292 g/mol. The second-order valence-electron chi connectivity index (χ2n) is 4.31. The van der Waals surface area contributed by atoms with Gasteiger partial charge in [0.15, 0.2) is 0 Å². The molecule has 0 bridgehead atoms. The van der Waals surface area contributed by atoms with Gasteiger partial charge in [-0.3, -0.25) is 0 Å². The van der Waals surface area contributed by atoms with E-state index in [1.807, 2.05) is 0 Å². The first-order chi connectivity index (χ1) is 10.0. The summed E-state index contributed by atoms with van der Waals surface area (Å²) >= 11 is 0. The molecular formula is C15H14O5S. The Morgan fingerprint density at radius 2 is 1.52 bits per heavy atom. The first-order valence-electron chi connectivity index (χ1n) is 6.23. The molecule has 2 aromatic carbocycles. The van der Waals surface area contributed by atoms with E-state index in [0.717, 1.165) is 0 Å². The number of benzene rings is 2. The Bertz CT molecular complexity index is 695. The fourth-order valence-corrected chi connectivity index (χ4v) is 2.91. The SMILES string of the molecule is O=C(OS(=O)(=O)C(CO)c1ccccc1)c1ccccc1. The molecule has 6 heteroatoms. The van der Waals surface area contributed by atoms with Crippen molar-refractivity contribution < 1.29 is 22.5 Å². The zero-order chi connectivity index (χ0) is 15.3. The predicted molar refractivity (Wildman–Crippen MR) is 77.0 cm³/mol. The summed E-state index contributed by atoms with van der Waals surface area (Å²) in [5.74, 6) is -0.968. The van der Waals surface area contributed by atoms with E-state index >= 15 is 0 Å². The third kappa shape index (κ3) is 3.68. The normalized spacial score (nSPS) is 12.6. The third-order valence-corrected chi connectivity index (χ3v) is 4.39. The molecule has 1 N–H and O–H groups in total. The summed E-state index contributed by atoms with van der Waals surface area (Å²) in [6, 6.07) is 15.9. The van der Waals surface area contributed by atoms with Crippen LogP contribution in [0, 0.1) is 0 Å². The molecule has 0 aliphatic rings. The van der Waals surface area contributed by atoms with Crippen LogP contribution in [-0.2, 0) is 14.3 Å². The molecule has 0 aliphatic heterocycles. The zero-order valence-corrected chi connectivity index (χ0v) is 11.9. The maximum absolute atomic E-state index is 12.1. The maximum atomic E-state index is 12.1. The Morgan fingerprint density at radius 3 is 2.05 bits per heavy atom. The fourth-order valence-electron chi connectivity index (χ4n) is 1.82. The second-order valence-corrected chi connectivity index (χ2v) is 6.03. The number of carbonyl (C=O) groups excluding carboxylic acids is 1. The van der Waals surface area contributed by atoms with E-state index in [1.54, 1.807) is 48.5 Å². The largest absolute Gasteiger partial charge is 0.395 e. The first-order valence-corrected chi connectivity index (χ1v) is 7.70. The van der Waals surface area contributed by atoms with E-state index in [2.05, 4.69) is 4.18 Å². The van der Waals surface area contributed by atoms with E-state index < -0.39 is 27.9 Å². The summed E-state index contributed by atoms with van der Waals surface area (Å²) in [5, 5.41) is 8.03. The van der Waals surface area contributed by atoms with Gasteiger partial charge < -0.3 is 9.29 Å². The molecule has 0 saturated heterocycles. The minimum absolute atomic E-state index is 0.130. The quantitative estimate of drug-likeness (QED) is 0.853. The molecule has 1 unspecified atom stereocenters. The lowest BCUT2D eigenvalue weighted by Gasteiger charge is -2.15. The summed E-state index contributed by atoms with van der Waals surface area (Å²) in [6.45, 7) is -0.672. The van der Waals surface area contributed by atoms with E-state index in [-0.39, 0.29) is 5.56 Å². The van der Waals surface area contributed by atoms with Crippen molar-refractivity contribution in [3.05, 3.63) is 71.8 Å². The lowest BCUT2D eigenvalue weighted by molar-refractivity contribution is 0.0742. The van der Waals surface area contributed by atoms with Gasteiger partial charge in [-0.25, -0.2) is 4.79 Å². The Labute approximate surface area is 122 Å². The highest BCUT2D eigenvalue weighted by molar-refractivity contribution is 7.87. The standard InChI is InChI=1S/C15H14O5S/c16-11-14(12-7-3-1-4-8-12)21(18,19)20-15(17)13-9-5-2-6-10-13/h1-10,14,16H,11H2. The summed E-state index contributed by atoms with van der Waals surface area (Å²) in [7, 11) is -4.27. The molecule has 2 aromatic rings. The van der Waals surface area contributed by atoms with E-state index in [0.29, 0.717) is 5.56 Å². The summed E-state index contributed by atoms with van der Waals surface area (Å²) in [6.07, 6.45) is 0. The third-order valence-electron chi connectivity index (χ3n) is 2.89. The van der Waals surface area contributed by atoms with Crippen LogP contribution in [0.3, 0.4) is 0 Å². The van der Waals surface area contributed by atoms with Crippen LogP contribution in [0.15, 0.2) is 60.7 Å². The van der Waals surface area contributed by atoms with E-state index in [9.17, 15) is 18.3 Å². The van der Waals surface area contributed by atoms with Gasteiger partial charge in [0, 0.05) is 0 Å². The highest BCUT2D eigenvalue weighted by atomic mass is 32.2. The van der Waals surface area contributed by atoms with Gasteiger partial charge in [-0.2, -0.15) is 8.42 Å². The molecule has 0 aromatic heterocycles. The molecule has 5 nitrogen and oxygen atoms in total. The molecule has 0 aliphatic carbocycles. The van der Waals surface area contributed by atoms with Crippen molar-refractivity contribution in [3.8, 4) is 0 Å². The summed E-state index contributed by atoms with van der Waals surface area (Å²) in [5.41, 5.74) is 0.492. The fraction of sp³-hybridized carbons (Fsp3) is 0.133. The molecule has 0 heterocycles. The van der Waals surface area contributed by atoms with Gasteiger partial charge in [0.2, 0.25) is 0 Å². The van der Waals surface area contributed by atoms with Crippen LogP contribution in [0.1, 0.15) is 21.2 Å². The molecule has 0 saturated carbocycles. The summed E-state index contributed by atoms with van der Waals surface area (Å²) < 4.78 is 28.9. The molecule has 0 fully saturated rings. The zero-order valence-electron chi connectivity index (χ0n) is 11.0. The van der Waals surface area contributed by atoms with Gasteiger partial charge in [0.1, 0.15) is 5.25 Å². The number of carbonyl (C=O) groups is 1. The summed E-state index contributed by atoms with van der Waals surface area (Å²) in [4.78, 5) is 11.8. The first kappa shape index (κ1) is 15.2. The van der Waals surface area contributed by atoms with Gasteiger partial charge in [-0.1, -0.05) is 48.5 Å². The van der Waals surface area contributed by atoms with Crippen LogP contribution in [0.25, 0.3) is 0 Å². The minimum atomic E-state index is -4.27. The molecule has 110 valence electrons. The van der Waals surface area contributed by atoms with Crippen molar-refractivity contribution in [1.29, 1.82) is 0 Å². The average Bonchev–Trinajstić information content (AvgIpc) is 2.49. The van der Waals surface area contributed by atoms with Crippen molar-refractivity contribution in [2.24, 2.45) is 0 Å². The minimum Gasteiger partial charge on any atom is -0.395 e. The molecule has 0 amide bonds. The highest BCUT2D eigenvalue weighted by Gasteiger charge is 2.30. The van der Waals surface area contributed by atoms with Gasteiger partial charge in [0.25, 0.3) is 0 Å². The Kier molecular flexibility index (Phi) is 4.72. The lowest BCUT2D eigenvalue weighted by Crippen LogP contribution is -2.22. The molecule has 0 spiro atoms. The Hall–Kier alpha value is -2.18. The molecule has 0 radical (unpaired) electrons. The van der Waals surface area contributed by atoms with Crippen LogP contribution < -0.4 is 0 Å². The Balaban J connectivity index is 2.23.